The number of hydrogen-bond donors (Lipinski definition) is 2. The Kier molecular flexibility index (Phi) is 6.12. The summed E-state index contributed by atoms with van der Waals surface area (Å²) in [5.74, 6) is 0.427. The van der Waals surface area contributed by atoms with Gasteiger partial charge >= 0.3 is 0 Å². The van der Waals surface area contributed by atoms with E-state index in [-0.39, 0.29) is 6.04 Å². The third kappa shape index (κ3) is 4.08. The summed E-state index contributed by atoms with van der Waals surface area (Å²) in [4.78, 5) is 2.45. The van der Waals surface area contributed by atoms with Crippen LogP contribution in [-0.2, 0) is 0 Å². The minimum atomic E-state index is 0.220. The van der Waals surface area contributed by atoms with Crippen LogP contribution in [-0.4, -0.2) is 36.2 Å². The molecule has 1 aromatic carbocycles. The van der Waals surface area contributed by atoms with Gasteiger partial charge in [-0.1, -0.05) is 5.57 Å². The molecule has 5 heteroatoms. The molecule has 0 amide bonds. The zero-order valence-electron chi connectivity index (χ0n) is 11.6. The van der Waals surface area contributed by atoms with Gasteiger partial charge in [-0.05, 0) is 70.7 Å². The van der Waals surface area contributed by atoms with E-state index >= 15 is 0 Å². The molecule has 1 aliphatic heterocycles. The number of rotatable bonds is 4. The van der Waals surface area contributed by atoms with Crippen LogP contribution in [0.5, 0.6) is 5.75 Å². The highest BCUT2D eigenvalue weighted by molar-refractivity contribution is 14.1. The lowest BCUT2D eigenvalue weighted by Crippen LogP contribution is -2.45. The van der Waals surface area contributed by atoms with Crippen molar-refractivity contribution < 1.29 is 5.11 Å². The maximum atomic E-state index is 10.5. The first-order chi connectivity index (χ1) is 9.49. The Balaban J connectivity index is 2.37. The van der Waals surface area contributed by atoms with Crippen LogP contribution in [0.15, 0.2) is 24.3 Å². The maximum absolute atomic E-state index is 10.5. The fourth-order valence-corrected chi connectivity index (χ4v) is 4.49. The normalized spacial score (nSPS) is 17.9. The smallest absolute Gasteiger partial charge is 0.133 e. The average molecular weight is 498 g/mol. The second-order valence-corrected chi connectivity index (χ2v) is 7.70. The van der Waals surface area contributed by atoms with E-state index in [9.17, 15) is 5.11 Å². The molecule has 3 nitrogen and oxygen atoms in total. The van der Waals surface area contributed by atoms with E-state index in [1.807, 2.05) is 6.07 Å². The van der Waals surface area contributed by atoms with Crippen LogP contribution in [0, 0.1) is 7.14 Å². The number of hydrogen-bond acceptors (Lipinski definition) is 3. The molecule has 0 unspecified atom stereocenters. The van der Waals surface area contributed by atoms with Crippen LogP contribution >= 0.6 is 45.2 Å². The number of halogens is 2. The molecule has 2 rings (SSSR count). The molecule has 1 fully saturated rings. The SMILES string of the molecule is C=C(C)C[C@H](c1cc(I)cc(I)c1O)N1CCNCC1. The van der Waals surface area contributed by atoms with Gasteiger partial charge in [-0.15, -0.1) is 6.58 Å². The van der Waals surface area contributed by atoms with Crippen LogP contribution in [0.4, 0.5) is 0 Å². The van der Waals surface area contributed by atoms with Crippen molar-refractivity contribution in [2.45, 2.75) is 19.4 Å². The van der Waals surface area contributed by atoms with Crippen molar-refractivity contribution in [1.82, 2.24) is 10.2 Å². The second kappa shape index (κ2) is 7.42. The van der Waals surface area contributed by atoms with Crippen LogP contribution in [0.1, 0.15) is 24.9 Å². The van der Waals surface area contributed by atoms with Crippen molar-refractivity contribution in [3.05, 3.63) is 37.0 Å². The number of aromatic hydroxyl groups is 1. The molecule has 1 aromatic rings. The molecular formula is C15H20I2N2O. The van der Waals surface area contributed by atoms with Gasteiger partial charge < -0.3 is 10.4 Å². The summed E-state index contributed by atoms with van der Waals surface area (Å²) in [5.41, 5.74) is 2.19. The fourth-order valence-electron chi connectivity index (χ4n) is 2.60. The predicted molar refractivity (Wildman–Crippen MR) is 100 cm³/mol. The lowest BCUT2D eigenvalue weighted by Gasteiger charge is -2.36. The highest BCUT2D eigenvalue weighted by atomic mass is 127. The van der Waals surface area contributed by atoms with E-state index in [0.717, 1.165) is 47.3 Å². The summed E-state index contributed by atoms with van der Waals surface area (Å²) in [7, 11) is 0. The molecule has 0 aromatic heterocycles. The summed E-state index contributed by atoms with van der Waals surface area (Å²) in [6.45, 7) is 10.2. The molecule has 0 bridgehead atoms. The topological polar surface area (TPSA) is 35.5 Å². The summed E-state index contributed by atoms with van der Waals surface area (Å²) in [6.07, 6.45) is 0.893. The van der Waals surface area contributed by atoms with Gasteiger partial charge in [0, 0.05) is 41.4 Å². The lowest BCUT2D eigenvalue weighted by molar-refractivity contribution is 0.169. The molecule has 0 spiro atoms. The van der Waals surface area contributed by atoms with Gasteiger partial charge in [-0.25, -0.2) is 0 Å². The molecule has 2 N–H and O–H groups in total. The lowest BCUT2D eigenvalue weighted by atomic mass is 9.97. The zero-order valence-corrected chi connectivity index (χ0v) is 15.9. The van der Waals surface area contributed by atoms with Gasteiger partial charge in [-0.3, -0.25) is 4.90 Å². The molecule has 110 valence electrons. The quantitative estimate of drug-likeness (QED) is 0.493. The summed E-state index contributed by atoms with van der Waals surface area (Å²) < 4.78 is 2.09. The van der Waals surface area contributed by atoms with E-state index in [2.05, 4.69) is 75.0 Å². The van der Waals surface area contributed by atoms with E-state index < -0.39 is 0 Å². The van der Waals surface area contributed by atoms with Crippen molar-refractivity contribution >= 4 is 45.2 Å². The average Bonchev–Trinajstić information content (AvgIpc) is 2.41. The molecule has 1 aliphatic rings. The fraction of sp³-hybridized carbons (Fsp3) is 0.467. The highest BCUT2D eigenvalue weighted by Gasteiger charge is 2.25. The van der Waals surface area contributed by atoms with Crippen LogP contribution in [0.2, 0.25) is 0 Å². The van der Waals surface area contributed by atoms with Crippen LogP contribution in [0.25, 0.3) is 0 Å². The van der Waals surface area contributed by atoms with Crippen molar-refractivity contribution in [2.24, 2.45) is 0 Å². The summed E-state index contributed by atoms with van der Waals surface area (Å²) in [5, 5.41) is 13.8. The molecule has 0 saturated carbocycles. The predicted octanol–water partition coefficient (Wildman–Crippen LogP) is 3.51. The zero-order chi connectivity index (χ0) is 14.7. The Labute approximate surface area is 148 Å². The van der Waals surface area contributed by atoms with Gasteiger partial charge in [0.25, 0.3) is 0 Å². The Morgan fingerprint density at radius 3 is 2.65 bits per heavy atom. The highest BCUT2D eigenvalue weighted by Crippen LogP contribution is 2.37. The van der Waals surface area contributed by atoms with Crippen molar-refractivity contribution in [3.8, 4) is 5.75 Å². The standard InChI is InChI=1S/C15H20I2N2O/c1-10(2)7-14(19-5-3-18-4-6-19)12-8-11(16)9-13(17)15(12)20/h8-9,14,18,20H,1,3-7H2,2H3/t14-/m1/s1. The number of nitrogens with one attached hydrogen (secondary N) is 1. The van der Waals surface area contributed by atoms with Gasteiger partial charge in [0.1, 0.15) is 5.75 Å². The number of phenolic OH excluding ortho intramolecular Hbond substituents is 1. The van der Waals surface area contributed by atoms with Gasteiger partial charge in [0.15, 0.2) is 0 Å². The maximum Gasteiger partial charge on any atom is 0.133 e. The molecule has 0 aliphatic carbocycles. The van der Waals surface area contributed by atoms with Gasteiger partial charge in [0.2, 0.25) is 0 Å². The molecule has 0 radical (unpaired) electrons. The van der Waals surface area contributed by atoms with E-state index in [4.69, 9.17) is 0 Å². The van der Waals surface area contributed by atoms with E-state index in [1.54, 1.807) is 0 Å². The summed E-state index contributed by atoms with van der Waals surface area (Å²) in [6, 6.07) is 4.33. The van der Waals surface area contributed by atoms with Crippen molar-refractivity contribution in [1.29, 1.82) is 0 Å². The first-order valence-electron chi connectivity index (χ1n) is 6.76. The van der Waals surface area contributed by atoms with Gasteiger partial charge in [-0.2, -0.15) is 0 Å². The number of benzene rings is 1. The van der Waals surface area contributed by atoms with Crippen molar-refractivity contribution in [3.63, 3.8) is 0 Å². The van der Waals surface area contributed by atoms with Crippen LogP contribution < -0.4 is 5.32 Å². The number of nitrogens with zero attached hydrogens (tertiary/aromatic N) is 1. The van der Waals surface area contributed by atoms with E-state index in [1.165, 1.54) is 3.57 Å². The Bertz CT molecular complexity index is 499. The summed E-state index contributed by atoms with van der Waals surface area (Å²) >= 11 is 4.52. The minimum absolute atomic E-state index is 0.220. The van der Waals surface area contributed by atoms with E-state index in [0.29, 0.717) is 5.75 Å². The van der Waals surface area contributed by atoms with Crippen LogP contribution in [0.3, 0.4) is 0 Å². The second-order valence-electron chi connectivity index (χ2n) is 5.29. The number of phenols is 1. The van der Waals surface area contributed by atoms with Gasteiger partial charge in [0.05, 0.1) is 3.57 Å². The Morgan fingerprint density at radius 2 is 2.05 bits per heavy atom. The monoisotopic (exact) mass is 498 g/mol. The third-order valence-corrected chi connectivity index (χ3v) is 5.00. The number of piperazine rings is 1. The first kappa shape index (κ1) is 16.5. The molecule has 1 heterocycles. The molecule has 20 heavy (non-hydrogen) atoms. The van der Waals surface area contributed by atoms with Crippen molar-refractivity contribution in [2.75, 3.05) is 26.2 Å². The Morgan fingerprint density at radius 1 is 1.40 bits per heavy atom. The molecular weight excluding hydrogens is 478 g/mol. The molecule has 1 saturated heterocycles. The largest absolute Gasteiger partial charge is 0.506 e. The minimum Gasteiger partial charge on any atom is -0.506 e. The first-order valence-corrected chi connectivity index (χ1v) is 8.92. The third-order valence-electron chi connectivity index (χ3n) is 3.55. The molecule has 1 atom stereocenters. The Hall–Kier alpha value is 0.140.